The van der Waals surface area contributed by atoms with E-state index < -0.39 is 0 Å². The molecule has 0 aromatic heterocycles. The van der Waals surface area contributed by atoms with Crippen LogP contribution in [0, 0.1) is 5.92 Å². The summed E-state index contributed by atoms with van der Waals surface area (Å²) in [6, 6.07) is 0. The van der Waals surface area contributed by atoms with Crippen LogP contribution < -0.4 is 0 Å². The third-order valence-electron chi connectivity index (χ3n) is 2.29. The molecule has 0 unspecified atom stereocenters. The number of hydrogen-bond acceptors (Lipinski definition) is 1. The van der Waals surface area contributed by atoms with Crippen molar-refractivity contribution in [3.05, 3.63) is 12.2 Å². The van der Waals surface area contributed by atoms with Crippen LogP contribution in [-0.4, -0.2) is 24.9 Å². The molecule has 0 N–H and O–H groups in total. The van der Waals surface area contributed by atoms with E-state index in [1.165, 1.54) is 19.3 Å². The zero-order chi connectivity index (χ0) is 8.97. The normalized spacial score (nSPS) is 22.3. The van der Waals surface area contributed by atoms with E-state index in [1.807, 2.05) is 14.1 Å². The van der Waals surface area contributed by atoms with Crippen LogP contribution >= 0.6 is 0 Å². The van der Waals surface area contributed by atoms with Crippen molar-refractivity contribution in [1.29, 1.82) is 0 Å². The second kappa shape index (κ2) is 4.29. The zero-order valence-electron chi connectivity index (χ0n) is 7.92. The van der Waals surface area contributed by atoms with Gasteiger partial charge >= 0.3 is 0 Å². The number of allylic oxidation sites excluding steroid dienone is 2. The van der Waals surface area contributed by atoms with Gasteiger partial charge < -0.3 is 4.90 Å². The third kappa shape index (κ3) is 2.68. The second-order valence-electron chi connectivity index (χ2n) is 3.61. The van der Waals surface area contributed by atoms with Crippen LogP contribution in [0.4, 0.5) is 0 Å². The van der Waals surface area contributed by atoms with Gasteiger partial charge in [0, 0.05) is 20.5 Å². The second-order valence-corrected chi connectivity index (χ2v) is 3.61. The van der Waals surface area contributed by atoms with Crippen LogP contribution in [0.1, 0.15) is 25.7 Å². The standard InChI is InChI=1S/C10H17NO/c1-11(2)10(12)8-9-6-4-3-5-7-9/h4,6,9H,3,5,7-8H2,1-2H3/t9-/m0/s1. The fraction of sp³-hybridized carbons (Fsp3) is 0.700. The lowest BCUT2D eigenvalue weighted by atomic mass is 9.93. The minimum atomic E-state index is 0.242. The summed E-state index contributed by atoms with van der Waals surface area (Å²) >= 11 is 0. The monoisotopic (exact) mass is 167 g/mol. The van der Waals surface area contributed by atoms with E-state index in [-0.39, 0.29) is 5.91 Å². The Kier molecular flexibility index (Phi) is 3.32. The van der Waals surface area contributed by atoms with Gasteiger partial charge in [0.25, 0.3) is 0 Å². The minimum absolute atomic E-state index is 0.242. The average molecular weight is 167 g/mol. The summed E-state index contributed by atoms with van der Waals surface area (Å²) < 4.78 is 0. The van der Waals surface area contributed by atoms with Crippen molar-refractivity contribution in [3.8, 4) is 0 Å². The average Bonchev–Trinajstić information content (AvgIpc) is 2.06. The number of carbonyl (C=O) groups is 1. The first-order valence-electron chi connectivity index (χ1n) is 4.57. The predicted octanol–water partition coefficient (Wildman–Crippen LogP) is 1.82. The highest BCUT2D eigenvalue weighted by Crippen LogP contribution is 2.20. The first-order valence-corrected chi connectivity index (χ1v) is 4.57. The molecule has 0 saturated heterocycles. The van der Waals surface area contributed by atoms with Gasteiger partial charge in [-0.3, -0.25) is 4.79 Å². The van der Waals surface area contributed by atoms with E-state index in [9.17, 15) is 4.79 Å². The SMILES string of the molecule is CN(C)C(=O)C[C@H]1C=CCCC1. The largest absolute Gasteiger partial charge is 0.349 e. The number of amides is 1. The van der Waals surface area contributed by atoms with Gasteiger partial charge in [0.1, 0.15) is 0 Å². The molecule has 0 bridgehead atoms. The van der Waals surface area contributed by atoms with E-state index in [1.54, 1.807) is 4.90 Å². The minimum Gasteiger partial charge on any atom is -0.349 e. The first kappa shape index (κ1) is 9.30. The molecule has 1 aliphatic carbocycles. The molecule has 1 amide bonds. The molecule has 68 valence electrons. The first-order chi connectivity index (χ1) is 5.70. The molecule has 2 nitrogen and oxygen atoms in total. The fourth-order valence-corrected chi connectivity index (χ4v) is 1.46. The molecule has 0 heterocycles. The van der Waals surface area contributed by atoms with Crippen molar-refractivity contribution in [1.82, 2.24) is 4.90 Å². The highest BCUT2D eigenvalue weighted by Gasteiger charge is 2.13. The van der Waals surface area contributed by atoms with Crippen molar-refractivity contribution in [2.45, 2.75) is 25.7 Å². The van der Waals surface area contributed by atoms with E-state index in [2.05, 4.69) is 12.2 Å². The summed E-state index contributed by atoms with van der Waals surface area (Å²) in [5.74, 6) is 0.736. The van der Waals surface area contributed by atoms with Crippen molar-refractivity contribution in [2.24, 2.45) is 5.92 Å². The fourth-order valence-electron chi connectivity index (χ4n) is 1.46. The number of nitrogens with zero attached hydrogens (tertiary/aromatic N) is 1. The van der Waals surface area contributed by atoms with E-state index in [0.29, 0.717) is 12.3 Å². The van der Waals surface area contributed by atoms with Crippen LogP contribution in [-0.2, 0) is 4.79 Å². The quantitative estimate of drug-likeness (QED) is 0.574. The predicted molar refractivity (Wildman–Crippen MR) is 49.8 cm³/mol. The Labute approximate surface area is 74.2 Å². The molecule has 0 saturated carbocycles. The van der Waals surface area contributed by atoms with Gasteiger partial charge in [-0.25, -0.2) is 0 Å². The highest BCUT2D eigenvalue weighted by atomic mass is 16.2. The summed E-state index contributed by atoms with van der Waals surface area (Å²) in [6.45, 7) is 0. The Balaban J connectivity index is 2.35. The Hall–Kier alpha value is -0.790. The molecular weight excluding hydrogens is 150 g/mol. The molecule has 0 aromatic rings. The van der Waals surface area contributed by atoms with Crippen molar-refractivity contribution >= 4 is 5.91 Å². The van der Waals surface area contributed by atoms with Crippen molar-refractivity contribution < 1.29 is 4.79 Å². The molecule has 0 aliphatic heterocycles. The maximum atomic E-state index is 11.3. The van der Waals surface area contributed by atoms with Gasteiger partial charge in [0.15, 0.2) is 0 Å². The smallest absolute Gasteiger partial charge is 0.222 e. The molecule has 1 aliphatic rings. The lowest BCUT2D eigenvalue weighted by molar-refractivity contribution is -0.129. The number of rotatable bonds is 2. The summed E-state index contributed by atoms with van der Waals surface area (Å²) in [4.78, 5) is 13.0. The van der Waals surface area contributed by atoms with Crippen LogP contribution in [0.25, 0.3) is 0 Å². The van der Waals surface area contributed by atoms with Gasteiger partial charge in [0.2, 0.25) is 5.91 Å². The zero-order valence-corrected chi connectivity index (χ0v) is 7.92. The number of carbonyl (C=O) groups excluding carboxylic acids is 1. The topological polar surface area (TPSA) is 20.3 Å². The molecule has 1 rings (SSSR count). The van der Waals surface area contributed by atoms with E-state index in [0.717, 1.165) is 0 Å². The van der Waals surface area contributed by atoms with Crippen LogP contribution in [0.15, 0.2) is 12.2 Å². The summed E-state index contributed by atoms with van der Waals surface area (Å²) in [5, 5.41) is 0. The van der Waals surface area contributed by atoms with Gasteiger partial charge in [-0.15, -0.1) is 0 Å². The number of hydrogen-bond donors (Lipinski definition) is 0. The lowest BCUT2D eigenvalue weighted by Crippen LogP contribution is -2.24. The lowest BCUT2D eigenvalue weighted by Gasteiger charge is -2.18. The van der Waals surface area contributed by atoms with E-state index >= 15 is 0 Å². The Bertz CT molecular complexity index is 184. The summed E-state index contributed by atoms with van der Waals surface area (Å²) in [5.41, 5.74) is 0. The molecule has 1 atom stereocenters. The Morgan fingerprint density at radius 1 is 1.58 bits per heavy atom. The molecule has 0 radical (unpaired) electrons. The van der Waals surface area contributed by atoms with Gasteiger partial charge in [0.05, 0.1) is 0 Å². The maximum Gasteiger partial charge on any atom is 0.222 e. The Morgan fingerprint density at radius 2 is 2.33 bits per heavy atom. The highest BCUT2D eigenvalue weighted by molar-refractivity contribution is 5.76. The molecule has 0 spiro atoms. The van der Waals surface area contributed by atoms with Crippen LogP contribution in [0.2, 0.25) is 0 Å². The van der Waals surface area contributed by atoms with Crippen molar-refractivity contribution in [2.75, 3.05) is 14.1 Å². The molecular formula is C10H17NO. The van der Waals surface area contributed by atoms with Crippen LogP contribution in [0.3, 0.4) is 0 Å². The van der Waals surface area contributed by atoms with Crippen molar-refractivity contribution in [3.63, 3.8) is 0 Å². The van der Waals surface area contributed by atoms with Gasteiger partial charge in [-0.2, -0.15) is 0 Å². The van der Waals surface area contributed by atoms with Crippen LogP contribution in [0.5, 0.6) is 0 Å². The molecule has 0 aromatic carbocycles. The maximum absolute atomic E-state index is 11.3. The van der Waals surface area contributed by atoms with E-state index in [4.69, 9.17) is 0 Å². The third-order valence-corrected chi connectivity index (χ3v) is 2.29. The summed E-state index contributed by atoms with van der Waals surface area (Å²) in [6.07, 6.45) is 8.66. The van der Waals surface area contributed by atoms with Gasteiger partial charge in [-0.1, -0.05) is 12.2 Å². The molecule has 12 heavy (non-hydrogen) atoms. The van der Waals surface area contributed by atoms with Gasteiger partial charge in [-0.05, 0) is 25.2 Å². The molecule has 2 heteroatoms. The Morgan fingerprint density at radius 3 is 2.83 bits per heavy atom. The summed E-state index contributed by atoms with van der Waals surface area (Å²) in [7, 11) is 3.63. The molecule has 0 fully saturated rings.